The molecule has 17 heavy (non-hydrogen) atoms. The van der Waals surface area contributed by atoms with Crippen molar-refractivity contribution in [3.8, 4) is 5.75 Å². The molecule has 0 radical (unpaired) electrons. The van der Waals surface area contributed by atoms with E-state index in [4.69, 9.17) is 9.72 Å². The Morgan fingerprint density at radius 3 is 2.24 bits per heavy atom. The largest absolute Gasteiger partial charge is 0.491 e. The fourth-order valence-corrected chi connectivity index (χ4v) is 2.24. The van der Waals surface area contributed by atoms with Gasteiger partial charge in [-0.1, -0.05) is 41.5 Å². The number of hydrogen-bond donors (Lipinski definition) is 0. The Labute approximate surface area is 104 Å². The minimum atomic E-state index is 0.0836. The number of hydrogen-bond acceptors (Lipinski definition) is 2. The first-order valence-corrected chi connectivity index (χ1v) is 6.37. The Balaban J connectivity index is 2.64. The molecule has 0 N–H and O–H groups in total. The highest BCUT2D eigenvalue weighted by atomic mass is 16.5. The van der Waals surface area contributed by atoms with Crippen molar-refractivity contribution in [2.45, 2.75) is 58.8 Å². The Hall–Kier alpha value is -1.05. The summed E-state index contributed by atoms with van der Waals surface area (Å²) >= 11 is 0. The van der Waals surface area contributed by atoms with Gasteiger partial charge in [-0.15, -0.1) is 0 Å². The maximum atomic E-state index is 5.64. The zero-order valence-corrected chi connectivity index (χ0v) is 11.8. The molecule has 1 aliphatic rings. The summed E-state index contributed by atoms with van der Waals surface area (Å²) in [6.45, 7) is 14.2. The quantitative estimate of drug-likeness (QED) is 0.683. The molecular weight excluding hydrogens is 210 g/mol. The molecule has 0 spiro atoms. The van der Waals surface area contributed by atoms with Crippen molar-refractivity contribution in [2.24, 2.45) is 0 Å². The summed E-state index contributed by atoms with van der Waals surface area (Å²) in [4.78, 5) is 4.87. The first-order chi connectivity index (χ1) is 7.69. The average Bonchev–Trinajstić information content (AvgIpc) is 2.59. The van der Waals surface area contributed by atoms with E-state index in [0.717, 1.165) is 24.5 Å². The van der Waals surface area contributed by atoms with E-state index in [2.05, 4.69) is 47.6 Å². The summed E-state index contributed by atoms with van der Waals surface area (Å²) < 4.78 is 5.64. The molecule has 0 aliphatic carbocycles. The van der Waals surface area contributed by atoms with Crippen LogP contribution in [0.3, 0.4) is 0 Å². The molecule has 0 amide bonds. The molecule has 0 atom stereocenters. The molecule has 2 rings (SSSR count). The van der Waals surface area contributed by atoms with Crippen LogP contribution >= 0.6 is 0 Å². The van der Waals surface area contributed by atoms with Gasteiger partial charge in [0.2, 0.25) is 0 Å². The standard InChI is InChI=1S/C15H23NO/c1-14(2,3)10-9-12-11(7-8-17-12)16-13(10)15(4,5)6/h9H,7-8H2,1-6H3. The lowest BCUT2D eigenvalue weighted by Crippen LogP contribution is -2.24. The molecule has 2 nitrogen and oxygen atoms in total. The van der Waals surface area contributed by atoms with Crippen LogP contribution < -0.4 is 4.74 Å². The minimum absolute atomic E-state index is 0.0836. The number of nitrogens with zero attached hydrogens (tertiary/aromatic N) is 1. The normalized spacial score (nSPS) is 15.6. The summed E-state index contributed by atoms with van der Waals surface area (Å²) in [7, 11) is 0. The van der Waals surface area contributed by atoms with E-state index >= 15 is 0 Å². The molecule has 94 valence electrons. The van der Waals surface area contributed by atoms with Crippen LogP contribution in [0.5, 0.6) is 5.75 Å². The van der Waals surface area contributed by atoms with Crippen LogP contribution in [-0.4, -0.2) is 11.6 Å². The van der Waals surface area contributed by atoms with Crippen LogP contribution in [0.4, 0.5) is 0 Å². The van der Waals surface area contributed by atoms with Gasteiger partial charge in [0, 0.05) is 11.8 Å². The molecule has 0 saturated carbocycles. The molecule has 1 aliphatic heterocycles. The van der Waals surface area contributed by atoms with Gasteiger partial charge < -0.3 is 4.74 Å². The van der Waals surface area contributed by atoms with Gasteiger partial charge in [0.25, 0.3) is 0 Å². The van der Waals surface area contributed by atoms with Crippen LogP contribution in [0.2, 0.25) is 0 Å². The third-order valence-electron chi connectivity index (χ3n) is 3.18. The lowest BCUT2D eigenvalue weighted by molar-refractivity contribution is 0.355. The van der Waals surface area contributed by atoms with Gasteiger partial charge in [0.05, 0.1) is 18.0 Å². The van der Waals surface area contributed by atoms with Crippen LogP contribution in [0.15, 0.2) is 6.07 Å². The number of fused-ring (bicyclic) bond motifs is 1. The van der Waals surface area contributed by atoms with E-state index in [1.807, 2.05) is 0 Å². The zero-order valence-electron chi connectivity index (χ0n) is 11.8. The number of aromatic nitrogens is 1. The summed E-state index contributed by atoms with van der Waals surface area (Å²) in [5.41, 5.74) is 3.85. The number of ether oxygens (including phenoxy) is 1. The molecule has 0 saturated heterocycles. The molecular formula is C15H23NO. The number of pyridine rings is 1. The van der Waals surface area contributed by atoms with E-state index in [1.165, 1.54) is 11.3 Å². The van der Waals surface area contributed by atoms with Crippen LogP contribution in [-0.2, 0) is 17.3 Å². The summed E-state index contributed by atoms with van der Waals surface area (Å²) in [5.74, 6) is 0.989. The van der Waals surface area contributed by atoms with Gasteiger partial charge in [0.15, 0.2) is 0 Å². The Morgan fingerprint density at radius 1 is 1.06 bits per heavy atom. The first kappa shape index (κ1) is 12.4. The van der Waals surface area contributed by atoms with Crippen molar-refractivity contribution in [1.82, 2.24) is 4.98 Å². The van der Waals surface area contributed by atoms with Crippen LogP contribution in [0, 0.1) is 0 Å². The minimum Gasteiger partial charge on any atom is -0.491 e. The van der Waals surface area contributed by atoms with Crippen molar-refractivity contribution in [3.05, 3.63) is 23.0 Å². The van der Waals surface area contributed by atoms with Crippen LogP contribution in [0.25, 0.3) is 0 Å². The molecule has 0 unspecified atom stereocenters. The van der Waals surface area contributed by atoms with Gasteiger partial charge in [-0.2, -0.15) is 0 Å². The second-order valence-corrected chi connectivity index (χ2v) is 6.93. The Morgan fingerprint density at radius 2 is 1.71 bits per heavy atom. The van der Waals surface area contributed by atoms with Crippen molar-refractivity contribution in [2.75, 3.05) is 6.61 Å². The Bertz CT molecular complexity index is 394. The topological polar surface area (TPSA) is 22.1 Å². The zero-order chi connectivity index (χ0) is 12.8. The van der Waals surface area contributed by atoms with E-state index in [-0.39, 0.29) is 10.8 Å². The predicted octanol–water partition coefficient (Wildman–Crippen LogP) is 3.61. The summed E-state index contributed by atoms with van der Waals surface area (Å²) in [6.07, 6.45) is 0.947. The first-order valence-electron chi connectivity index (χ1n) is 6.37. The third-order valence-corrected chi connectivity index (χ3v) is 3.18. The molecule has 2 heteroatoms. The van der Waals surface area contributed by atoms with E-state index < -0.39 is 0 Å². The Kier molecular flexibility index (Phi) is 2.72. The van der Waals surface area contributed by atoms with Gasteiger partial charge >= 0.3 is 0 Å². The predicted molar refractivity (Wildman–Crippen MR) is 70.8 cm³/mol. The maximum absolute atomic E-state index is 5.64. The molecule has 0 aromatic carbocycles. The lowest BCUT2D eigenvalue weighted by Gasteiger charge is -2.29. The van der Waals surface area contributed by atoms with E-state index in [1.54, 1.807) is 0 Å². The van der Waals surface area contributed by atoms with Crippen molar-refractivity contribution in [1.29, 1.82) is 0 Å². The van der Waals surface area contributed by atoms with Gasteiger partial charge in [-0.3, -0.25) is 4.98 Å². The fourth-order valence-electron chi connectivity index (χ4n) is 2.24. The van der Waals surface area contributed by atoms with Gasteiger partial charge in [0.1, 0.15) is 5.75 Å². The van der Waals surface area contributed by atoms with Gasteiger partial charge in [-0.05, 0) is 17.0 Å². The highest BCUT2D eigenvalue weighted by molar-refractivity contribution is 5.43. The molecule has 0 bridgehead atoms. The van der Waals surface area contributed by atoms with Crippen LogP contribution in [0.1, 0.15) is 58.5 Å². The van der Waals surface area contributed by atoms with E-state index in [0.29, 0.717) is 0 Å². The summed E-state index contributed by atoms with van der Waals surface area (Å²) in [6, 6.07) is 2.20. The lowest BCUT2D eigenvalue weighted by atomic mass is 9.78. The van der Waals surface area contributed by atoms with E-state index in [9.17, 15) is 0 Å². The van der Waals surface area contributed by atoms with Gasteiger partial charge in [-0.25, -0.2) is 0 Å². The van der Waals surface area contributed by atoms with Crippen molar-refractivity contribution in [3.63, 3.8) is 0 Å². The average molecular weight is 233 g/mol. The van der Waals surface area contributed by atoms with Crippen molar-refractivity contribution >= 4 is 0 Å². The number of rotatable bonds is 0. The SMILES string of the molecule is CC(C)(C)c1cc2c(nc1C(C)(C)C)CCO2. The monoisotopic (exact) mass is 233 g/mol. The highest BCUT2D eigenvalue weighted by Gasteiger charge is 2.29. The molecule has 2 heterocycles. The highest BCUT2D eigenvalue weighted by Crippen LogP contribution is 2.37. The third kappa shape index (κ3) is 2.31. The second-order valence-electron chi connectivity index (χ2n) is 6.93. The molecule has 1 aromatic heterocycles. The molecule has 1 aromatic rings. The van der Waals surface area contributed by atoms with Crippen molar-refractivity contribution < 1.29 is 4.74 Å². The smallest absolute Gasteiger partial charge is 0.141 e. The molecule has 0 fully saturated rings. The second kappa shape index (κ2) is 3.72. The fraction of sp³-hybridized carbons (Fsp3) is 0.667. The maximum Gasteiger partial charge on any atom is 0.141 e. The summed E-state index contributed by atoms with van der Waals surface area (Å²) in [5, 5.41) is 0.